The fourth-order valence-corrected chi connectivity index (χ4v) is 3.95. The summed E-state index contributed by atoms with van der Waals surface area (Å²) in [6.45, 7) is 9.10. The number of ether oxygens (including phenoxy) is 1. The van der Waals surface area contributed by atoms with E-state index >= 15 is 0 Å². The standard InChI is InChI=1S/C16H31NO/c1-14(2)10-16(7-3-4-8-16)13-17-11-15-6-5-9-18-12-15/h14-15,17H,3-13H2,1-2H3. The van der Waals surface area contributed by atoms with Crippen LogP contribution in [0.3, 0.4) is 0 Å². The molecule has 2 heteroatoms. The molecule has 0 radical (unpaired) electrons. The lowest BCUT2D eigenvalue weighted by molar-refractivity contribution is 0.0532. The molecule has 0 aromatic heterocycles. The Balaban J connectivity index is 1.72. The lowest BCUT2D eigenvalue weighted by atomic mass is 9.78. The molecule has 0 bridgehead atoms. The van der Waals surface area contributed by atoms with Crippen LogP contribution in [0.2, 0.25) is 0 Å². The maximum absolute atomic E-state index is 5.55. The summed E-state index contributed by atoms with van der Waals surface area (Å²) in [6, 6.07) is 0. The van der Waals surface area contributed by atoms with Gasteiger partial charge in [0.25, 0.3) is 0 Å². The fraction of sp³-hybridized carbons (Fsp3) is 1.00. The minimum absolute atomic E-state index is 0.615. The molecule has 106 valence electrons. The second kappa shape index (κ2) is 6.91. The first kappa shape index (κ1) is 14.3. The Morgan fingerprint density at radius 1 is 1.22 bits per heavy atom. The van der Waals surface area contributed by atoms with E-state index in [1.807, 2.05) is 0 Å². The summed E-state index contributed by atoms with van der Waals surface area (Å²) in [5.74, 6) is 1.60. The van der Waals surface area contributed by atoms with Crippen LogP contribution < -0.4 is 5.32 Å². The minimum Gasteiger partial charge on any atom is -0.381 e. The van der Waals surface area contributed by atoms with Crippen molar-refractivity contribution >= 4 is 0 Å². The third-order valence-electron chi connectivity index (χ3n) is 4.69. The first-order valence-electron chi connectivity index (χ1n) is 7.99. The van der Waals surface area contributed by atoms with Gasteiger partial charge in [-0.2, -0.15) is 0 Å². The van der Waals surface area contributed by atoms with Gasteiger partial charge in [-0.15, -0.1) is 0 Å². The molecule has 18 heavy (non-hydrogen) atoms. The second-order valence-corrected chi connectivity index (χ2v) is 7.02. The summed E-state index contributed by atoms with van der Waals surface area (Å²) in [6.07, 6.45) is 9.79. The molecule has 0 aromatic rings. The Bertz CT molecular complexity index is 227. The van der Waals surface area contributed by atoms with Crippen molar-refractivity contribution in [2.75, 3.05) is 26.3 Å². The number of nitrogens with one attached hydrogen (secondary N) is 1. The van der Waals surface area contributed by atoms with Crippen LogP contribution in [0.15, 0.2) is 0 Å². The number of hydrogen-bond donors (Lipinski definition) is 1. The van der Waals surface area contributed by atoms with Crippen LogP contribution in [0.4, 0.5) is 0 Å². The number of rotatable bonds is 6. The first-order chi connectivity index (χ1) is 8.70. The molecule has 0 aromatic carbocycles. The van der Waals surface area contributed by atoms with Gasteiger partial charge in [0.1, 0.15) is 0 Å². The topological polar surface area (TPSA) is 21.3 Å². The van der Waals surface area contributed by atoms with Gasteiger partial charge < -0.3 is 10.1 Å². The van der Waals surface area contributed by atoms with Gasteiger partial charge in [0.05, 0.1) is 6.61 Å². The van der Waals surface area contributed by atoms with Crippen LogP contribution in [0.25, 0.3) is 0 Å². The normalized spacial score (nSPS) is 27.8. The highest BCUT2D eigenvalue weighted by Gasteiger charge is 2.34. The van der Waals surface area contributed by atoms with Gasteiger partial charge in [-0.3, -0.25) is 0 Å². The highest BCUT2D eigenvalue weighted by Crippen LogP contribution is 2.42. The van der Waals surface area contributed by atoms with Crippen molar-refractivity contribution in [1.29, 1.82) is 0 Å². The molecule has 1 aliphatic carbocycles. The minimum atomic E-state index is 0.615. The highest BCUT2D eigenvalue weighted by atomic mass is 16.5. The average molecular weight is 253 g/mol. The third-order valence-corrected chi connectivity index (χ3v) is 4.69. The van der Waals surface area contributed by atoms with Crippen molar-refractivity contribution in [2.45, 2.75) is 58.8 Å². The predicted octanol–water partition coefficient (Wildman–Crippen LogP) is 3.61. The van der Waals surface area contributed by atoms with Crippen molar-refractivity contribution < 1.29 is 4.74 Å². The van der Waals surface area contributed by atoms with Crippen molar-refractivity contribution in [3.05, 3.63) is 0 Å². The van der Waals surface area contributed by atoms with Crippen molar-refractivity contribution in [1.82, 2.24) is 5.32 Å². The molecule has 2 fully saturated rings. The molecule has 2 rings (SSSR count). The molecular weight excluding hydrogens is 222 g/mol. The lowest BCUT2D eigenvalue weighted by Crippen LogP contribution is -2.37. The van der Waals surface area contributed by atoms with E-state index in [0.29, 0.717) is 5.41 Å². The van der Waals surface area contributed by atoms with Crippen LogP contribution >= 0.6 is 0 Å². The summed E-state index contributed by atoms with van der Waals surface area (Å²) in [5.41, 5.74) is 0.615. The Morgan fingerprint density at radius 2 is 2.00 bits per heavy atom. The summed E-state index contributed by atoms with van der Waals surface area (Å²) >= 11 is 0. The summed E-state index contributed by atoms with van der Waals surface area (Å²) in [7, 11) is 0. The van der Waals surface area contributed by atoms with Gasteiger partial charge in [-0.25, -0.2) is 0 Å². The largest absolute Gasteiger partial charge is 0.381 e. The molecule has 1 saturated carbocycles. The third kappa shape index (κ3) is 4.24. The van der Waals surface area contributed by atoms with E-state index in [-0.39, 0.29) is 0 Å². The lowest BCUT2D eigenvalue weighted by Gasteiger charge is -2.32. The molecule has 2 nitrogen and oxygen atoms in total. The van der Waals surface area contributed by atoms with Crippen molar-refractivity contribution in [3.8, 4) is 0 Å². The zero-order valence-electron chi connectivity index (χ0n) is 12.3. The predicted molar refractivity (Wildman–Crippen MR) is 76.8 cm³/mol. The fourth-order valence-electron chi connectivity index (χ4n) is 3.95. The smallest absolute Gasteiger partial charge is 0.0506 e. The zero-order chi connectivity index (χ0) is 12.8. The molecule has 1 atom stereocenters. The first-order valence-corrected chi connectivity index (χ1v) is 7.99. The molecule has 2 aliphatic rings. The van der Waals surface area contributed by atoms with Gasteiger partial charge in [0.2, 0.25) is 0 Å². The van der Waals surface area contributed by atoms with Gasteiger partial charge in [0, 0.05) is 19.7 Å². The van der Waals surface area contributed by atoms with E-state index in [1.165, 1.54) is 58.0 Å². The molecule has 1 unspecified atom stereocenters. The van der Waals surface area contributed by atoms with E-state index in [1.54, 1.807) is 0 Å². The molecule has 0 amide bonds. The molecular formula is C16H31NO. The van der Waals surface area contributed by atoms with Crippen molar-refractivity contribution in [2.24, 2.45) is 17.3 Å². The maximum Gasteiger partial charge on any atom is 0.0506 e. The summed E-state index contributed by atoms with van der Waals surface area (Å²) in [5, 5.41) is 3.76. The van der Waals surface area contributed by atoms with E-state index in [0.717, 1.165) is 25.0 Å². The Morgan fingerprint density at radius 3 is 2.61 bits per heavy atom. The van der Waals surface area contributed by atoms with Crippen LogP contribution in [0, 0.1) is 17.3 Å². The Kier molecular flexibility index (Phi) is 5.50. The van der Waals surface area contributed by atoms with Gasteiger partial charge in [0.15, 0.2) is 0 Å². The zero-order valence-corrected chi connectivity index (χ0v) is 12.3. The maximum atomic E-state index is 5.55. The molecule has 1 aliphatic heterocycles. The van der Waals surface area contributed by atoms with Crippen LogP contribution in [0.1, 0.15) is 58.8 Å². The SMILES string of the molecule is CC(C)CC1(CNCC2CCCOC2)CCCC1. The average Bonchev–Trinajstić information content (AvgIpc) is 2.78. The van der Waals surface area contributed by atoms with Crippen LogP contribution in [-0.2, 0) is 4.74 Å². The second-order valence-electron chi connectivity index (χ2n) is 7.02. The van der Waals surface area contributed by atoms with Crippen LogP contribution in [-0.4, -0.2) is 26.3 Å². The van der Waals surface area contributed by atoms with E-state index in [2.05, 4.69) is 19.2 Å². The monoisotopic (exact) mass is 253 g/mol. The van der Waals surface area contributed by atoms with E-state index < -0.39 is 0 Å². The molecule has 1 heterocycles. The van der Waals surface area contributed by atoms with Crippen LogP contribution in [0.5, 0.6) is 0 Å². The quantitative estimate of drug-likeness (QED) is 0.781. The summed E-state index contributed by atoms with van der Waals surface area (Å²) in [4.78, 5) is 0. The summed E-state index contributed by atoms with van der Waals surface area (Å²) < 4.78 is 5.55. The Hall–Kier alpha value is -0.0800. The highest BCUT2D eigenvalue weighted by molar-refractivity contribution is 4.87. The Labute approximate surface area is 113 Å². The van der Waals surface area contributed by atoms with E-state index in [4.69, 9.17) is 4.74 Å². The molecule has 0 spiro atoms. The van der Waals surface area contributed by atoms with Gasteiger partial charge in [-0.1, -0.05) is 26.7 Å². The van der Waals surface area contributed by atoms with E-state index in [9.17, 15) is 0 Å². The van der Waals surface area contributed by atoms with Gasteiger partial charge in [-0.05, 0) is 49.4 Å². The number of hydrogen-bond acceptors (Lipinski definition) is 2. The van der Waals surface area contributed by atoms with Crippen molar-refractivity contribution in [3.63, 3.8) is 0 Å². The molecule has 1 N–H and O–H groups in total. The molecule has 1 saturated heterocycles. The van der Waals surface area contributed by atoms with Gasteiger partial charge >= 0.3 is 0 Å².